The van der Waals surface area contributed by atoms with E-state index in [9.17, 15) is 28.4 Å². The van der Waals surface area contributed by atoms with Crippen LogP contribution in [0.25, 0.3) is 0 Å². The fourth-order valence-electron chi connectivity index (χ4n) is 6.04. The molecule has 58 heavy (non-hydrogen) atoms. The number of halogens is 1. The van der Waals surface area contributed by atoms with Gasteiger partial charge in [-0.05, 0) is 79.0 Å². The molecule has 0 aliphatic carbocycles. The van der Waals surface area contributed by atoms with Gasteiger partial charge in [-0.15, -0.1) is 0 Å². The number of amides is 5. The number of nitrogens with two attached hydrogens (primary N) is 5. The average Bonchev–Trinajstić information content (AvgIpc) is 3.16. The summed E-state index contributed by atoms with van der Waals surface area (Å²) in [5, 5.41) is 11.0. The molecule has 0 unspecified atom stereocenters. The molecule has 0 aliphatic heterocycles. The van der Waals surface area contributed by atoms with Crippen LogP contribution in [0.2, 0.25) is 0 Å². The molecule has 16 nitrogen and oxygen atoms in total. The standard InChI is InChI=1S/C41H56FN11O5/c1-25(2)22-32(37(56)51-31(36(43)55)11-7-21-48-40(44)45)52-39(58)34(24-28-15-19-30(20-16-28)49-41(46)47)53-38(57)33(23-27-13-17-29(42)18-14-27)50-35(54)12-6-10-26-8-4-3-5-9-26/h3-5,8-9,13-20,25,31-34H,6-7,10-12,21-24H2,1-2H3,(H2,43,55)(H,50,54)(H,51,56)(H,52,58)(H,53,57)(H4,44,45,48)(H4,46,47,49)/t31-,32-,33-,34-/m0/s1. The zero-order chi connectivity index (χ0) is 42.6. The lowest BCUT2D eigenvalue weighted by Crippen LogP contribution is -2.59. The minimum atomic E-state index is -1.26. The minimum absolute atomic E-state index is 0.00579. The van der Waals surface area contributed by atoms with E-state index >= 15 is 0 Å². The molecule has 3 aromatic carbocycles. The second-order valence-electron chi connectivity index (χ2n) is 14.4. The van der Waals surface area contributed by atoms with E-state index in [1.165, 1.54) is 24.3 Å². The van der Waals surface area contributed by atoms with E-state index in [1.807, 2.05) is 44.2 Å². The van der Waals surface area contributed by atoms with Gasteiger partial charge in [-0.3, -0.25) is 29.0 Å². The summed E-state index contributed by atoms with van der Waals surface area (Å²) in [6, 6.07) is 17.2. The molecule has 0 radical (unpaired) electrons. The Labute approximate surface area is 338 Å². The fourth-order valence-corrected chi connectivity index (χ4v) is 6.04. The van der Waals surface area contributed by atoms with Gasteiger partial charge in [0, 0.05) is 25.8 Å². The van der Waals surface area contributed by atoms with Crippen LogP contribution in [0.1, 0.15) is 62.6 Å². The lowest BCUT2D eigenvalue weighted by Gasteiger charge is -2.27. The van der Waals surface area contributed by atoms with Crippen molar-refractivity contribution in [2.75, 3.05) is 6.54 Å². The van der Waals surface area contributed by atoms with Gasteiger partial charge in [-0.25, -0.2) is 9.38 Å². The molecule has 0 bridgehead atoms. The van der Waals surface area contributed by atoms with E-state index in [0.29, 0.717) is 36.1 Å². The molecule has 5 amide bonds. The maximum atomic E-state index is 14.2. The highest BCUT2D eigenvalue weighted by Gasteiger charge is 2.32. The summed E-state index contributed by atoms with van der Waals surface area (Å²) in [7, 11) is 0. The van der Waals surface area contributed by atoms with E-state index in [2.05, 4.69) is 31.3 Å². The van der Waals surface area contributed by atoms with Crippen LogP contribution in [-0.4, -0.2) is 72.2 Å². The van der Waals surface area contributed by atoms with Crippen LogP contribution >= 0.6 is 0 Å². The fraction of sp³-hybridized carbons (Fsp3) is 0.390. The first-order chi connectivity index (χ1) is 27.6. The van der Waals surface area contributed by atoms with Crippen LogP contribution < -0.4 is 49.9 Å². The Morgan fingerprint density at radius 1 is 0.621 bits per heavy atom. The summed E-state index contributed by atoms with van der Waals surface area (Å²) in [5.41, 5.74) is 30.1. The Kier molecular flexibility index (Phi) is 18.6. The quantitative estimate of drug-likeness (QED) is 0.0376. The molecule has 0 aliphatic rings. The number of guanidine groups is 2. The molecule has 4 atom stereocenters. The number of hydrogen-bond donors (Lipinski definition) is 9. The molecule has 312 valence electrons. The van der Waals surface area contributed by atoms with Crippen molar-refractivity contribution in [2.45, 2.75) is 89.4 Å². The third-order valence-corrected chi connectivity index (χ3v) is 8.93. The van der Waals surface area contributed by atoms with Gasteiger partial charge < -0.3 is 49.9 Å². The minimum Gasteiger partial charge on any atom is -0.370 e. The van der Waals surface area contributed by atoms with Crippen LogP contribution in [-0.2, 0) is 43.2 Å². The van der Waals surface area contributed by atoms with E-state index in [1.54, 1.807) is 24.3 Å². The van der Waals surface area contributed by atoms with Gasteiger partial charge >= 0.3 is 0 Å². The maximum absolute atomic E-state index is 14.2. The predicted octanol–water partition coefficient (Wildman–Crippen LogP) is 1.06. The molecular formula is C41H56FN11O5. The largest absolute Gasteiger partial charge is 0.370 e. The summed E-state index contributed by atoms with van der Waals surface area (Å²) < 4.78 is 13.8. The Morgan fingerprint density at radius 2 is 1.16 bits per heavy atom. The third-order valence-electron chi connectivity index (χ3n) is 8.93. The summed E-state index contributed by atoms with van der Waals surface area (Å²) in [6.45, 7) is 3.92. The second kappa shape index (κ2) is 23.5. The van der Waals surface area contributed by atoms with Gasteiger partial charge in [0.2, 0.25) is 29.5 Å². The van der Waals surface area contributed by atoms with E-state index in [0.717, 1.165) is 5.56 Å². The number of aryl methyl sites for hydroxylation is 1. The number of nitrogens with zero attached hydrogens (tertiary/aromatic N) is 2. The number of primary amides is 1. The van der Waals surface area contributed by atoms with E-state index < -0.39 is 53.6 Å². The van der Waals surface area contributed by atoms with Crippen LogP contribution in [0.4, 0.5) is 10.1 Å². The van der Waals surface area contributed by atoms with E-state index in [-0.39, 0.29) is 62.4 Å². The van der Waals surface area contributed by atoms with Crippen molar-refractivity contribution in [2.24, 2.45) is 44.6 Å². The van der Waals surface area contributed by atoms with Gasteiger partial charge in [-0.1, -0.05) is 68.4 Å². The topological polar surface area (TPSA) is 288 Å². The molecular weight excluding hydrogens is 746 g/mol. The first kappa shape index (κ1) is 45.9. The van der Waals surface area contributed by atoms with Gasteiger partial charge in [0.15, 0.2) is 11.9 Å². The van der Waals surface area contributed by atoms with Crippen molar-refractivity contribution in [3.8, 4) is 0 Å². The molecule has 0 spiro atoms. The summed E-state index contributed by atoms with van der Waals surface area (Å²) >= 11 is 0. The number of benzene rings is 3. The molecule has 0 fully saturated rings. The molecule has 14 N–H and O–H groups in total. The first-order valence-electron chi connectivity index (χ1n) is 19.1. The molecule has 3 aromatic rings. The van der Waals surface area contributed by atoms with Gasteiger partial charge in [0.1, 0.15) is 30.0 Å². The van der Waals surface area contributed by atoms with Crippen molar-refractivity contribution in [3.05, 3.63) is 101 Å². The SMILES string of the molecule is CC(C)C[C@H](NC(=O)[C@H](Cc1ccc(N=C(N)N)cc1)NC(=O)[C@H](Cc1ccc(F)cc1)NC(=O)CCCc1ccccc1)C(=O)N[C@@H](CCCN=C(N)N)C(N)=O. The number of aliphatic imine (C=N–C) groups is 2. The normalized spacial score (nSPS) is 12.9. The number of carbonyl (C=O) groups excluding carboxylic acids is 5. The second-order valence-corrected chi connectivity index (χ2v) is 14.4. The zero-order valence-corrected chi connectivity index (χ0v) is 33.0. The molecule has 3 rings (SSSR count). The lowest BCUT2D eigenvalue weighted by molar-refractivity contribution is -0.134. The average molecular weight is 802 g/mol. The third kappa shape index (κ3) is 17.1. The van der Waals surface area contributed by atoms with Crippen molar-refractivity contribution in [1.82, 2.24) is 21.3 Å². The van der Waals surface area contributed by atoms with E-state index in [4.69, 9.17) is 28.7 Å². The van der Waals surface area contributed by atoms with Crippen LogP contribution in [0.3, 0.4) is 0 Å². The van der Waals surface area contributed by atoms with Gasteiger partial charge in [0.25, 0.3) is 0 Å². The predicted molar refractivity (Wildman–Crippen MR) is 221 cm³/mol. The highest BCUT2D eigenvalue weighted by Crippen LogP contribution is 2.16. The Bertz CT molecular complexity index is 1870. The van der Waals surface area contributed by atoms with Gasteiger partial charge in [-0.2, -0.15) is 0 Å². The highest BCUT2D eigenvalue weighted by molar-refractivity contribution is 5.95. The van der Waals surface area contributed by atoms with Crippen molar-refractivity contribution in [1.29, 1.82) is 0 Å². The Hall–Kier alpha value is -6.52. The maximum Gasteiger partial charge on any atom is 0.243 e. The smallest absolute Gasteiger partial charge is 0.243 e. The summed E-state index contributed by atoms with van der Waals surface area (Å²) in [6.07, 6.45) is 1.91. The highest BCUT2D eigenvalue weighted by atomic mass is 19.1. The van der Waals surface area contributed by atoms with Crippen LogP contribution in [0.5, 0.6) is 0 Å². The monoisotopic (exact) mass is 801 g/mol. The Morgan fingerprint density at radius 3 is 1.71 bits per heavy atom. The van der Waals surface area contributed by atoms with Crippen LogP contribution in [0, 0.1) is 11.7 Å². The number of hydrogen-bond acceptors (Lipinski definition) is 7. The molecule has 17 heteroatoms. The molecule has 0 aromatic heterocycles. The van der Waals surface area contributed by atoms with Crippen molar-refractivity contribution < 1.29 is 28.4 Å². The summed E-state index contributed by atoms with van der Waals surface area (Å²) in [5.74, 6) is -4.03. The molecule has 0 heterocycles. The number of nitrogens with one attached hydrogen (secondary N) is 4. The number of carbonyl (C=O) groups is 5. The Balaban J connectivity index is 1.88. The van der Waals surface area contributed by atoms with Crippen molar-refractivity contribution in [3.63, 3.8) is 0 Å². The molecule has 0 saturated heterocycles. The van der Waals surface area contributed by atoms with Gasteiger partial charge in [0.05, 0.1) is 5.69 Å². The zero-order valence-electron chi connectivity index (χ0n) is 33.0. The number of rotatable bonds is 23. The lowest BCUT2D eigenvalue weighted by atomic mass is 9.99. The van der Waals surface area contributed by atoms with Crippen molar-refractivity contribution >= 4 is 47.1 Å². The molecule has 0 saturated carbocycles. The first-order valence-corrected chi connectivity index (χ1v) is 19.1. The van der Waals surface area contributed by atoms with Crippen LogP contribution in [0.15, 0.2) is 88.8 Å². The summed E-state index contributed by atoms with van der Waals surface area (Å²) in [4.78, 5) is 75.4.